The molecule has 2 aromatic carbocycles. The molecule has 0 spiro atoms. The van der Waals surface area contributed by atoms with E-state index in [1.54, 1.807) is 48.5 Å². The van der Waals surface area contributed by atoms with E-state index in [9.17, 15) is 22.8 Å². The van der Waals surface area contributed by atoms with E-state index < -0.39 is 30.8 Å². The number of nitrogens with two attached hydrogens (primary N) is 2. The third-order valence-corrected chi connectivity index (χ3v) is 5.67. The van der Waals surface area contributed by atoms with Gasteiger partial charge in [-0.3, -0.25) is 4.79 Å². The number of hydrogen-bond donors (Lipinski definition) is 2. The maximum absolute atomic E-state index is 12.4. The number of ether oxygens (including phenoxy) is 3. The van der Waals surface area contributed by atoms with Crippen LogP contribution in [0, 0.1) is 5.92 Å². The van der Waals surface area contributed by atoms with E-state index >= 15 is 0 Å². The second-order valence-electron chi connectivity index (χ2n) is 8.65. The summed E-state index contributed by atoms with van der Waals surface area (Å²) in [4.78, 5) is 24.3. The Labute approximate surface area is 207 Å². The number of esters is 2. The summed E-state index contributed by atoms with van der Waals surface area (Å²) >= 11 is 0. The van der Waals surface area contributed by atoms with Crippen LogP contribution < -0.4 is 16.2 Å². The van der Waals surface area contributed by atoms with Crippen LogP contribution in [0.25, 0.3) is 6.08 Å². The minimum Gasteiger partial charge on any atom is -0.462 e. The first-order chi connectivity index (χ1) is 17.1. The van der Waals surface area contributed by atoms with Crippen molar-refractivity contribution in [3.63, 3.8) is 0 Å². The topological polar surface area (TPSA) is 114 Å². The molecule has 0 bridgehead atoms. The minimum absolute atomic E-state index is 0.178. The highest BCUT2D eigenvalue weighted by molar-refractivity contribution is 5.87. The van der Waals surface area contributed by atoms with Gasteiger partial charge in [0.1, 0.15) is 12.4 Å². The van der Waals surface area contributed by atoms with Crippen molar-refractivity contribution >= 4 is 29.4 Å². The molecule has 0 aromatic heterocycles. The van der Waals surface area contributed by atoms with Crippen LogP contribution in [-0.4, -0.2) is 37.4 Å². The highest BCUT2D eigenvalue weighted by Gasteiger charge is 2.32. The van der Waals surface area contributed by atoms with Crippen molar-refractivity contribution in [1.82, 2.24) is 0 Å². The van der Waals surface area contributed by atoms with Gasteiger partial charge in [0.15, 0.2) is 0 Å². The SMILES string of the molecule is Nc1cc(N)cc(CCOC(=O)/C=C/c2ccc(OC(=O)C3CCC(OCC(F)(F)F)CC3)cc2)c1. The third kappa shape index (κ3) is 9.26. The summed E-state index contributed by atoms with van der Waals surface area (Å²) in [7, 11) is 0. The van der Waals surface area contributed by atoms with Crippen molar-refractivity contribution < 1.29 is 37.0 Å². The Kier molecular flexibility index (Phi) is 9.35. The molecule has 1 fully saturated rings. The molecule has 0 amide bonds. The highest BCUT2D eigenvalue weighted by atomic mass is 19.4. The molecular formula is C26H29F3N2O5. The molecule has 0 atom stereocenters. The molecule has 0 radical (unpaired) electrons. The lowest BCUT2D eigenvalue weighted by Gasteiger charge is -2.27. The summed E-state index contributed by atoms with van der Waals surface area (Å²) in [5.74, 6) is -0.958. The lowest BCUT2D eigenvalue weighted by molar-refractivity contribution is -0.189. The average molecular weight is 507 g/mol. The van der Waals surface area contributed by atoms with Crippen molar-refractivity contribution in [1.29, 1.82) is 0 Å². The zero-order chi connectivity index (χ0) is 26.1. The van der Waals surface area contributed by atoms with Gasteiger partial charge in [0.25, 0.3) is 0 Å². The first-order valence-electron chi connectivity index (χ1n) is 11.6. The molecule has 4 N–H and O–H groups in total. The van der Waals surface area contributed by atoms with Gasteiger partial charge in [-0.05, 0) is 73.2 Å². The summed E-state index contributed by atoms with van der Waals surface area (Å²) in [6.45, 7) is -1.10. The molecule has 0 aliphatic heterocycles. The Morgan fingerprint density at radius 2 is 1.61 bits per heavy atom. The third-order valence-electron chi connectivity index (χ3n) is 5.67. The van der Waals surface area contributed by atoms with Crippen LogP contribution in [0.1, 0.15) is 36.8 Å². The predicted octanol–water partition coefficient (Wildman–Crippen LogP) is 4.69. The number of carbonyl (C=O) groups excluding carboxylic acids is 2. The predicted molar refractivity (Wildman–Crippen MR) is 129 cm³/mol. The van der Waals surface area contributed by atoms with Crippen molar-refractivity contribution in [3.8, 4) is 5.75 Å². The normalized spacial score (nSPS) is 18.2. The van der Waals surface area contributed by atoms with E-state index in [0.29, 0.717) is 54.8 Å². The molecule has 0 heterocycles. The van der Waals surface area contributed by atoms with E-state index in [4.69, 9.17) is 25.7 Å². The molecule has 194 valence electrons. The van der Waals surface area contributed by atoms with Gasteiger partial charge in [-0.1, -0.05) is 12.1 Å². The van der Waals surface area contributed by atoms with Crippen molar-refractivity contribution in [2.45, 2.75) is 44.4 Å². The molecule has 1 aliphatic carbocycles. The van der Waals surface area contributed by atoms with Crippen molar-refractivity contribution in [2.75, 3.05) is 24.7 Å². The lowest BCUT2D eigenvalue weighted by atomic mass is 9.87. The van der Waals surface area contributed by atoms with Crippen LogP contribution in [0.2, 0.25) is 0 Å². The molecule has 7 nitrogen and oxygen atoms in total. The summed E-state index contributed by atoms with van der Waals surface area (Å²) in [6.07, 6.45) is 0.0888. The van der Waals surface area contributed by atoms with Gasteiger partial charge in [-0.2, -0.15) is 13.2 Å². The van der Waals surface area contributed by atoms with E-state index in [-0.39, 0.29) is 12.5 Å². The Hall–Kier alpha value is -3.53. The standard InChI is InChI=1S/C26H29F3N2O5/c27-26(28,29)16-35-22-8-4-19(5-9-22)25(33)36-23-6-1-17(2-7-23)3-10-24(32)34-12-11-18-13-20(30)15-21(31)14-18/h1-3,6-7,10,13-15,19,22H,4-5,8-9,11-12,16,30-31H2/b10-3+. The Balaban J connectivity index is 1.38. The largest absolute Gasteiger partial charge is 0.462 e. The van der Waals surface area contributed by atoms with Gasteiger partial charge in [-0.25, -0.2) is 4.79 Å². The Morgan fingerprint density at radius 3 is 2.22 bits per heavy atom. The molecule has 1 saturated carbocycles. The summed E-state index contributed by atoms with van der Waals surface area (Å²) in [6, 6.07) is 11.8. The number of nitrogen functional groups attached to an aromatic ring is 2. The first-order valence-corrected chi connectivity index (χ1v) is 11.6. The number of alkyl halides is 3. The van der Waals surface area contributed by atoms with Crippen LogP contribution in [0.15, 0.2) is 48.5 Å². The van der Waals surface area contributed by atoms with Crippen LogP contribution in [0.5, 0.6) is 5.75 Å². The molecule has 10 heteroatoms. The van der Waals surface area contributed by atoms with Gasteiger partial charge in [0.05, 0.1) is 18.6 Å². The average Bonchev–Trinajstić information content (AvgIpc) is 2.81. The van der Waals surface area contributed by atoms with Gasteiger partial charge in [0.2, 0.25) is 0 Å². The van der Waals surface area contributed by atoms with Gasteiger partial charge in [-0.15, -0.1) is 0 Å². The molecule has 36 heavy (non-hydrogen) atoms. The molecular weight excluding hydrogens is 477 g/mol. The van der Waals surface area contributed by atoms with Gasteiger partial charge >= 0.3 is 18.1 Å². The maximum Gasteiger partial charge on any atom is 0.411 e. The molecule has 0 saturated heterocycles. The van der Waals surface area contributed by atoms with Crippen LogP contribution in [-0.2, 0) is 25.5 Å². The zero-order valence-corrected chi connectivity index (χ0v) is 19.6. The molecule has 2 aromatic rings. The number of benzene rings is 2. The van der Waals surface area contributed by atoms with Gasteiger partial charge < -0.3 is 25.7 Å². The summed E-state index contributed by atoms with van der Waals surface area (Å²) < 4.78 is 52.3. The van der Waals surface area contributed by atoms with E-state index in [1.165, 1.54) is 6.08 Å². The first kappa shape index (κ1) is 27.1. The van der Waals surface area contributed by atoms with Crippen LogP contribution >= 0.6 is 0 Å². The second kappa shape index (κ2) is 12.4. The fourth-order valence-electron chi connectivity index (χ4n) is 3.90. The van der Waals surface area contributed by atoms with Crippen molar-refractivity contribution in [3.05, 3.63) is 59.7 Å². The quantitative estimate of drug-likeness (QED) is 0.219. The Morgan fingerprint density at radius 1 is 0.972 bits per heavy atom. The maximum atomic E-state index is 12.4. The van der Waals surface area contributed by atoms with E-state index in [2.05, 4.69) is 0 Å². The fraction of sp³-hybridized carbons (Fsp3) is 0.385. The number of halogens is 3. The summed E-state index contributed by atoms with van der Waals surface area (Å²) in [5, 5.41) is 0. The van der Waals surface area contributed by atoms with E-state index in [0.717, 1.165) is 5.56 Å². The number of rotatable bonds is 9. The monoisotopic (exact) mass is 506 g/mol. The number of hydrogen-bond acceptors (Lipinski definition) is 7. The van der Waals surface area contributed by atoms with Crippen molar-refractivity contribution in [2.24, 2.45) is 5.92 Å². The van der Waals surface area contributed by atoms with Crippen LogP contribution in [0.3, 0.4) is 0 Å². The summed E-state index contributed by atoms with van der Waals surface area (Å²) in [5.41, 5.74) is 14.2. The Bertz CT molecular complexity index is 1040. The zero-order valence-electron chi connectivity index (χ0n) is 19.6. The molecule has 1 aliphatic rings. The number of anilines is 2. The second-order valence-corrected chi connectivity index (χ2v) is 8.65. The smallest absolute Gasteiger partial charge is 0.411 e. The van der Waals surface area contributed by atoms with Gasteiger partial charge in [0, 0.05) is 23.9 Å². The fourth-order valence-corrected chi connectivity index (χ4v) is 3.90. The lowest BCUT2D eigenvalue weighted by Crippen LogP contribution is -2.31. The highest BCUT2D eigenvalue weighted by Crippen LogP contribution is 2.29. The van der Waals surface area contributed by atoms with Crippen LogP contribution in [0.4, 0.5) is 24.5 Å². The minimum atomic E-state index is -4.36. The van der Waals surface area contributed by atoms with E-state index in [1.807, 2.05) is 0 Å². The number of carbonyl (C=O) groups is 2. The molecule has 3 rings (SSSR count). The molecule has 0 unspecified atom stereocenters.